The molecule has 0 bridgehead atoms. The Morgan fingerprint density at radius 3 is 2.12 bits per heavy atom. The maximum absolute atomic E-state index is 5.46. The van der Waals surface area contributed by atoms with Crippen molar-refractivity contribution in [3.63, 3.8) is 0 Å². The molecule has 0 N–H and O–H groups in total. The summed E-state index contributed by atoms with van der Waals surface area (Å²) in [7, 11) is -0.125. The van der Waals surface area contributed by atoms with Gasteiger partial charge in [-0.15, -0.1) is 0 Å². The Balaban J connectivity index is 2.44. The van der Waals surface area contributed by atoms with E-state index in [1.54, 1.807) is 0 Å². The third-order valence-corrected chi connectivity index (χ3v) is 14.5. The number of allylic oxidation sites excluding steroid dienone is 2. The van der Waals surface area contributed by atoms with Crippen molar-refractivity contribution in [1.82, 2.24) is 0 Å². The van der Waals surface area contributed by atoms with Crippen LogP contribution in [0.3, 0.4) is 0 Å². The second-order valence-corrected chi connectivity index (χ2v) is 15.5. The van der Waals surface area contributed by atoms with Crippen molar-refractivity contribution in [2.75, 3.05) is 13.2 Å². The van der Waals surface area contributed by atoms with Gasteiger partial charge in [-0.25, -0.2) is 0 Å². The topological polar surface area (TPSA) is 18.5 Å². The molecule has 96 valence electrons. The summed E-state index contributed by atoms with van der Waals surface area (Å²) in [4.78, 5) is 2.51. The van der Waals surface area contributed by atoms with E-state index in [9.17, 15) is 0 Å². The van der Waals surface area contributed by atoms with Crippen LogP contribution in [-0.4, -0.2) is 33.6 Å². The summed E-state index contributed by atoms with van der Waals surface area (Å²) < 4.78 is 10.9. The van der Waals surface area contributed by atoms with E-state index in [4.69, 9.17) is 9.31 Å². The fraction of sp³-hybridized carbons (Fsp3) is 0.692. The molecule has 1 aliphatic rings. The van der Waals surface area contributed by atoms with Crippen molar-refractivity contribution in [2.24, 2.45) is 0 Å². The average molecular weight is 297 g/mol. The van der Waals surface area contributed by atoms with E-state index in [1.165, 1.54) is 15.8 Å². The molecule has 17 heavy (non-hydrogen) atoms. The van der Waals surface area contributed by atoms with Crippen LogP contribution >= 0.6 is 0 Å². The molecule has 0 aromatic rings. The van der Waals surface area contributed by atoms with E-state index in [0.717, 1.165) is 19.6 Å². The van der Waals surface area contributed by atoms with E-state index >= 15 is 0 Å². The van der Waals surface area contributed by atoms with Gasteiger partial charge < -0.3 is 0 Å². The van der Waals surface area contributed by atoms with E-state index < -0.39 is 13.3 Å². The monoisotopic (exact) mass is 298 g/mol. The fourth-order valence-corrected chi connectivity index (χ4v) is 7.86. The van der Waals surface area contributed by atoms with Gasteiger partial charge in [-0.2, -0.15) is 0 Å². The molecule has 0 amide bonds. The molecule has 0 aromatic heterocycles. The number of hydrogen-bond donors (Lipinski definition) is 0. The van der Waals surface area contributed by atoms with Gasteiger partial charge in [-0.1, -0.05) is 0 Å². The van der Waals surface area contributed by atoms with Gasteiger partial charge in [-0.3, -0.25) is 0 Å². The molecule has 1 rings (SSSR count). The predicted octanol–water partition coefficient (Wildman–Crippen LogP) is 3.61. The Labute approximate surface area is 109 Å². The van der Waals surface area contributed by atoms with Crippen molar-refractivity contribution in [2.45, 2.75) is 43.0 Å². The first kappa shape index (κ1) is 15.1. The molecule has 0 radical (unpaired) electrons. The number of hydrogen-bond acceptors (Lipinski definition) is 2. The molecule has 1 heterocycles. The quantitative estimate of drug-likeness (QED) is 0.551. The van der Waals surface area contributed by atoms with E-state index in [2.05, 4.69) is 37.8 Å². The Morgan fingerprint density at radius 1 is 1.00 bits per heavy atom. The molecule has 0 aliphatic carbocycles. The zero-order valence-electron chi connectivity index (χ0n) is 11.4. The van der Waals surface area contributed by atoms with E-state index in [1.807, 2.05) is 5.98 Å². The molecular formula is C13H25BGeO2. The Kier molecular flexibility index (Phi) is 7.24. The van der Waals surface area contributed by atoms with Crippen LogP contribution in [0, 0.1) is 0 Å². The first-order valence-electron chi connectivity index (χ1n) is 6.85. The Morgan fingerprint density at radius 2 is 1.59 bits per heavy atom. The van der Waals surface area contributed by atoms with Crippen LogP contribution in [0.25, 0.3) is 0 Å². The predicted molar refractivity (Wildman–Crippen MR) is 77.8 cm³/mol. The summed E-state index contributed by atoms with van der Waals surface area (Å²) in [6.07, 6.45) is 5.33. The van der Waals surface area contributed by atoms with Crippen LogP contribution < -0.4 is 0 Å². The summed E-state index contributed by atoms with van der Waals surface area (Å²) in [5, 5.41) is 4.15. The normalized spacial score (nSPS) is 18.4. The van der Waals surface area contributed by atoms with Crippen molar-refractivity contribution >= 4 is 20.4 Å². The van der Waals surface area contributed by atoms with Crippen molar-refractivity contribution < 1.29 is 9.31 Å². The first-order valence-corrected chi connectivity index (χ1v) is 12.5. The fourth-order valence-electron chi connectivity index (χ4n) is 2.14. The van der Waals surface area contributed by atoms with Gasteiger partial charge in [-0.05, 0) is 0 Å². The van der Waals surface area contributed by atoms with Crippen molar-refractivity contribution in [3.05, 3.63) is 23.0 Å². The molecular weight excluding hydrogens is 272 g/mol. The minimum atomic E-state index is -1.63. The van der Waals surface area contributed by atoms with Gasteiger partial charge >= 0.3 is 109 Å². The van der Waals surface area contributed by atoms with Gasteiger partial charge in [0.25, 0.3) is 0 Å². The van der Waals surface area contributed by atoms with Crippen molar-refractivity contribution in [1.29, 1.82) is 0 Å². The zero-order valence-corrected chi connectivity index (χ0v) is 13.5. The van der Waals surface area contributed by atoms with Crippen LogP contribution in [0.5, 0.6) is 0 Å². The minimum absolute atomic E-state index is 0.125. The first-order chi connectivity index (χ1) is 8.26. The molecule has 1 saturated heterocycles. The summed E-state index contributed by atoms with van der Waals surface area (Å²) in [5.41, 5.74) is 0. The molecule has 0 unspecified atom stereocenters. The van der Waals surface area contributed by atoms with E-state index in [-0.39, 0.29) is 7.12 Å². The summed E-state index contributed by atoms with van der Waals surface area (Å²) in [5.74, 6) is 2.02. The maximum atomic E-state index is 5.46. The van der Waals surface area contributed by atoms with Gasteiger partial charge in [0.05, 0.1) is 0 Å². The number of rotatable bonds is 6. The Bertz CT molecular complexity index is 248. The average Bonchev–Trinajstić information content (AvgIpc) is 2.41. The van der Waals surface area contributed by atoms with Crippen molar-refractivity contribution in [3.8, 4) is 0 Å². The molecule has 1 fully saturated rings. The molecule has 0 aromatic carbocycles. The van der Waals surface area contributed by atoms with Crippen LogP contribution in [0.4, 0.5) is 0 Å². The van der Waals surface area contributed by atoms with Gasteiger partial charge in [0.1, 0.15) is 0 Å². The van der Waals surface area contributed by atoms with Gasteiger partial charge in [0.15, 0.2) is 0 Å². The van der Waals surface area contributed by atoms with Crippen LogP contribution in [-0.2, 0) is 9.31 Å². The third-order valence-electron chi connectivity index (χ3n) is 3.79. The summed E-state index contributed by atoms with van der Waals surface area (Å²) >= 11 is -1.63. The standard InChI is InChI=1S/C13H25BGeO2/c1-4-15(5-2,6-3)11-8-7-10-14-16-12-9-13-17-14/h7-8,10-11H,4-6,9,12-13H2,1-3H3/b10-7+,11-8+. The van der Waals surface area contributed by atoms with Crippen LogP contribution in [0.2, 0.25) is 15.8 Å². The molecule has 2 nitrogen and oxygen atoms in total. The molecule has 0 saturated carbocycles. The van der Waals surface area contributed by atoms with Gasteiger partial charge in [0, 0.05) is 0 Å². The van der Waals surface area contributed by atoms with Crippen LogP contribution in [0.1, 0.15) is 27.2 Å². The molecule has 4 heteroatoms. The summed E-state index contributed by atoms with van der Waals surface area (Å²) in [6, 6.07) is 0. The SMILES string of the molecule is C[CH2][Ge](/[CH]=C/C=C/B1OCCCO1)([CH2]C)[CH2]C. The second kappa shape index (κ2) is 8.17. The molecule has 0 spiro atoms. The van der Waals surface area contributed by atoms with Crippen LogP contribution in [0.15, 0.2) is 23.0 Å². The van der Waals surface area contributed by atoms with Gasteiger partial charge in [0.2, 0.25) is 0 Å². The third kappa shape index (κ3) is 5.02. The summed E-state index contributed by atoms with van der Waals surface area (Å²) in [6.45, 7) is 8.66. The van der Waals surface area contributed by atoms with E-state index in [0.29, 0.717) is 0 Å². The Hall–Kier alpha value is 0.00779. The molecule has 1 aliphatic heterocycles. The zero-order chi connectivity index (χ0) is 12.6. The second-order valence-electron chi connectivity index (χ2n) is 4.63. The molecule has 0 atom stereocenters.